The van der Waals surface area contributed by atoms with Gasteiger partial charge in [-0.2, -0.15) is 0 Å². The number of benzene rings is 1. The Kier molecular flexibility index (Phi) is 5.46. The van der Waals surface area contributed by atoms with Crippen LogP contribution in [0.3, 0.4) is 0 Å². The van der Waals surface area contributed by atoms with Crippen molar-refractivity contribution in [1.82, 2.24) is 4.90 Å². The van der Waals surface area contributed by atoms with Crippen LogP contribution in [-0.2, 0) is 4.74 Å². The molecule has 0 aliphatic rings. The quantitative estimate of drug-likeness (QED) is 0.795. The minimum Gasteiger partial charge on any atom is -0.387 e. The van der Waals surface area contributed by atoms with Crippen LogP contribution in [0.5, 0.6) is 0 Å². The van der Waals surface area contributed by atoms with Crippen LogP contribution < -0.4 is 0 Å². The molecule has 1 aromatic carbocycles. The zero-order chi connectivity index (χ0) is 12.0. The SMILES string of the molecule is COCCN(C)CC(O)c1ccc(C)cc1. The van der Waals surface area contributed by atoms with E-state index in [0.29, 0.717) is 13.2 Å². The van der Waals surface area contributed by atoms with Crippen LogP contribution >= 0.6 is 0 Å². The highest BCUT2D eigenvalue weighted by Gasteiger charge is 2.09. The number of aliphatic hydroxyl groups is 1. The minimum absolute atomic E-state index is 0.428. The molecule has 1 rings (SSSR count). The molecule has 0 fully saturated rings. The Hall–Kier alpha value is -0.900. The lowest BCUT2D eigenvalue weighted by molar-refractivity contribution is 0.103. The highest BCUT2D eigenvalue weighted by atomic mass is 16.5. The molecule has 3 nitrogen and oxygen atoms in total. The van der Waals surface area contributed by atoms with Crippen molar-refractivity contribution < 1.29 is 9.84 Å². The summed E-state index contributed by atoms with van der Waals surface area (Å²) < 4.78 is 4.99. The van der Waals surface area contributed by atoms with E-state index in [0.717, 1.165) is 12.1 Å². The molecule has 0 spiro atoms. The lowest BCUT2D eigenvalue weighted by atomic mass is 10.1. The van der Waals surface area contributed by atoms with E-state index in [1.165, 1.54) is 5.56 Å². The van der Waals surface area contributed by atoms with Crippen molar-refractivity contribution in [1.29, 1.82) is 0 Å². The smallest absolute Gasteiger partial charge is 0.0916 e. The van der Waals surface area contributed by atoms with E-state index < -0.39 is 6.10 Å². The normalized spacial score (nSPS) is 13.1. The van der Waals surface area contributed by atoms with Crippen LogP contribution in [-0.4, -0.2) is 43.9 Å². The molecule has 0 saturated heterocycles. The maximum absolute atomic E-state index is 10.00. The van der Waals surface area contributed by atoms with Gasteiger partial charge in [0.05, 0.1) is 12.7 Å². The van der Waals surface area contributed by atoms with Gasteiger partial charge >= 0.3 is 0 Å². The maximum Gasteiger partial charge on any atom is 0.0916 e. The molecule has 0 bridgehead atoms. The fraction of sp³-hybridized carbons (Fsp3) is 0.538. The molecular weight excluding hydrogens is 202 g/mol. The molecule has 0 saturated carbocycles. The Morgan fingerprint density at radius 3 is 2.50 bits per heavy atom. The van der Waals surface area contributed by atoms with E-state index in [2.05, 4.69) is 4.90 Å². The third kappa shape index (κ3) is 4.31. The summed E-state index contributed by atoms with van der Waals surface area (Å²) in [5.41, 5.74) is 2.18. The Morgan fingerprint density at radius 1 is 1.31 bits per heavy atom. The largest absolute Gasteiger partial charge is 0.387 e. The van der Waals surface area contributed by atoms with Gasteiger partial charge in [0.25, 0.3) is 0 Å². The molecule has 0 aliphatic heterocycles. The predicted octanol–water partition coefficient (Wildman–Crippen LogP) is 1.61. The van der Waals surface area contributed by atoms with E-state index in [-0.39, 0.29) is 0 Å². The Labute approximate surface area is 97.7 Å². The van der Waals surface area contributed by atoms with Crippen molar-refractivity contribution in [3.05, 3.63) is 35.4 Å². The second kappa shape index (κ2) is 6.63. The first-order chi connectivity index (χ1) is 7.63. The number of likely N-dealkylation sites (N-methyl/N-ethyl adjacent to an activating group) is 1. The van der Waals surface area contributed by atoms with Crippen molar-refractivity contribution in [2.45, 2.75) is 13.0 Å². The van der Waals surface area contributed by atoms with E-state index in [1.807, 2.05) is 38.2 Å². The molecule has 1 atom stereocenters. The topological polar surface area (TPSA) is 32.7 Å². The Morgan fingerprint density at radius 2 is 1.94 bits per heavy atom. The fourth-order valence-electron chi connectivity index (χ4n) is 1.53. The summed E-state index contributed by atoms with van der Waals surface area (Å²) in [6.07, 6.45) is -0.428. The molecule has 16 heavy (non-hydrogen) atoms. The zero-order valence-electron chi connectivity index (χ0n) is 10.3. The molecule has 1 aromatic rings. The van der Waals surface area contributed by atoms with E-state index in [4.69, 9.17) is 4.74 Å². The average molecular weight is 223 g/mol. The van der Waals surface area contributed by atoms with Crippen molar-refractivity contribution in [2.24, 2.45) is 0 Å². The number of methoxy groups -OCH3 is 1. The summed E-state index contributed by atoms with van der Waals surface area (Å²) in [4.78, 5) is 2.06. The first-order valence-corrected chi connectivity index (χ1v) is 5.55. The molecule has 0 radical (unpaired) electrons. The van der Waals surface area contributed by atoms with Crippen LogP contribution in [0.2, 0.25) is 0 Å². The monoisotopic (exact) mass is 223 g/mol. The summed E-state index contributed by atoms with van der Waals surface area (Å²) in [6, 6.07) is 8.00. The summed E-state index contributed by atoms with van der Waals surface area (Å²) in [7, 11) is 3.67. The van der Waals surface area contributed by atoms with Crippen LogP contribution in [0, 0.1) is 6.92 Å². The third-order valence-corrected chi connectivity index (χ3v) is 2.62. The Bertz CT molecular complexity index is 297. The van der Waals surface area contributed by atoms with E-state index >= 15 is 0 Å². The highest BCUT2D eigenvalue weighted by Crippen LogP contribution is 2.14. The van der Waals surface area contributed by atoms with Gasteiger partial charge in [-0.25, -0.2) is 0 Å². The lowest BCUT2D eigenvalue weighted by Gasteiger charge is -2.20. The lowest BCUT2D eigenvalue weighted by Crippen LogP contribution is -2.27. The zero-order valence-corrected chi connectivity index (χ0v) is 10.3. The minimum atomic E-state index is -0.428. The van der Waals surface area contributed by atoms with Crippen molar-refractivity contribution in [3.8, 4) is 0 Å². The molecule has 0 amide bonds. The van der Waals surface area contributed by atoms with Gasteiger partial charge in [-0.3, -0.25) is 0 Å². The molecule has 0 heterocycles. The standard InChI is InChI=1S/C13H21NO2/c1-11-4-6-12(7-5-11)13(15)10-14(2)8-9-16-3/h4-7,13,15H,8-10H2,1-3H3. The van der Waals surface area contributed by atoms with Gasteiger partial charge in [-0.1, -0.05) is 29.8 Å². The number of ether oxygens (including phenoxy) is 1. The summed E-state index contributed by atoms with van der Waals surface area (Å²) in [5, 5.41) is 10.00. The second-order valence-corrected chi connectivity index (χ2v) is 4.18. The summed E-state index contributed by atoms with van der Waals surface area (Å²) in [5.74, 6) is 0. The molecule has 1 unspecified atom stereocenters. The number of aliphatic hydroxyl groups excluding tert-OH is 1. The molecule has 0 aromatic heterocycles. The summed E-state index contributed by atoms with van der Waals surface area (Å²) in [6.45, 7) is 4.20. The van der Waals surface area contributed by atoms with Gasteiger partial charge in [0.15, 0.2) is 0 Å². The predicted molar refractivity (Wildman–Crippen MR) is 65.5 cm³/mol. The fourth-order valence-corrected chi connectivity index (χ4v) is 1.53. The van der Waals surface area contributed by atoms with Crippen LogP contribution in [0.15, 0.2) is 24.3 Å². The van der Waals surface area contributed by atoms with Gasteiger partial charge in [0, 0.05) is 20.2 Å². The van der Waals surface area contributed by atoms with Crippen LogP contribution in [0.25, 0.3) is 0 Å². The first-order valence-electron chi connectivity index (χ1n) is 5.55. The van der Waals surface area contributed by atoms with Gasteiger partial charge in [-0.15, -0.1) is 0 Å². The van der Waals surface area contributed by atoms with Crippen LogP contribution in [0.1, 0.15) is 17.2 Å². The van der Waals surface area contributed by atoms with Crippen molar-refractivity contribution in [3.63, 3.8) is 0 Å². The van der Waals surface area contributed by atoms with Gasteiger partial charge in [0.2, 0.25) is 0 Å². The number of nitrogens with zero attached hydrogens (tertiary/aromatic N) is 1. The van der Waals surface area contributed by atoms with Gasteiger partial charge in [-0.05, 0) is 19.5 Å². The molecule has 0 aliphatic carbocycles. The first kappa shape index (κ1) is 13.2. The molecule has 3 heteroatoms. The summed E-state index contributed by atoms with van der Waals surface area (Å²) >= 11 is 0. The molecule has 1 N–H and O–H groups in total. The highest BCUT2D eigenvalue weighted by molar-refractivity contribution is 5.23. The average Bonchev–Trinajstić information content (AvgIpc) is 2.27. The number of rotatable bonds is 6. The van der Waals surface area contributed by atoms with Gasteiger partial charge in [0.1, 0.15) is 0 Å². The Balaban J connectivity index is 2.45. The molecular formula is C13H21NO2. The number of hydrogen-bond acceptors (Lipinski definition) is 3. The molecule has 90 valence electrons. The van der Waals surface area contributed by atoms with Crippen LogP contribution in [0.4, 0.5) is 0 Å². The van der Waals surface area contributed by atoms with Crippen molar-refractivity contribution >= 4 is 0 Å². The van der Waals surface area contributed by atoms with E-state index in [9.17, 15) is 5.11 Å². The maximum atomic E-state index is 10.00. The number of hydrogen-bond donors (Lipinski definition) is 1. The number of aryl methyl sites for hydroxylation is 1. The van der Waals surface area contributed by atoms with Crippen molar-refractivity contribution in [2.75, 3.05) is 33.9 Å². The third-order valence-electron chi connectivity index (χ3n) is 2.62. The second-order valence-electron chi connectivity index (χ2n) is 4.18. The van der Waals surface area contributed by atoms with Gasteiger partial charge < -0.3 is 14.7 Å². The van der Waals surface area contributed by atoms with E-state index in [1.54, 1.807) is 7.11 Å².